The number of nitrogens with one attached hydrogen (secondary N) is 1. The third-order valence-corrected chi connectivity index (χ3v) is 4.45. The number of hydrogen-bond acceptors (Lipinski definition) is 6. The van der Waals surface area contributed by atoms with Gasteiger partial charge in [-0.25, -0.2) is 9.97 Å². The second-order valence-corrected chi connectivity index (χ2v) is 6.07. The van der Waals surface area contributed by atoms with Crippen LogP contribution >= 0.6 is 0 Å². The molecule has 1 N–H and O–H groups in total. The van der Waals surface area contributed by atoms with Crippen LogP contribution in [0.25, 0.3) is 11.0 Å². The first-order chi connectivity index (χ1) is 11.2. The summed E-state index contributed by atoms with van der Waals surface area (Å²) in [6, 6.07) is 2.47. The molecule has 0 bridgehead atoms. The quantitative estimate of drug-likeness (QED) is 0.791. The summed E-state index contributed by atoms with van der Waals surface area (Å²) >= 11 is 0. The number of nitrogens with zero attached hydrogens (tertiary/aromatic N) is 7. The van der Waals surface area contributed by atoms with Crippen LogP contribution in [0.1, 0.15) is 18.9 Å². The van der Waals surface area contributed by atoms with Gasteiger partial charge < -0.3 is 10.2 Å². The summed E-state index contributed by atoms with van der Waals surface area (Å²) in [7, 11) is 4.04. The zero-order valence-electron chi connectivity index (χ0n) is 13.3. The van der Waals surface area contributed by atoms with Crippen molar-refractivity contribution in [1.29, 1.82) is 0 Å². The number of fused-ring (bicyclic) bond motifs is 1. The van der Waals surface area contributed by atoms with Gasteiger partial charge in [0, 0.05) is 19.3 Å². The molecule has 1 aliphatic rings. The predicted molar refractivity (Wildman–Crippen MR) is 87.6 cm³/mol. The van der Waals surface area contributed by atoms with E-state index < -0.39 is 0 Å². The molecule has 4 heterocycles. The number of anilines is 2. The summed E-state index contributed by atoms with van der Waals surface area (Å²) in [6.07, 6.45) is 7.63. The topological polar surface area (TPSA) is 76.7 Å². The Morgan fingerprint density at radius 3 is 2.83 bits per heavy atom. The minimum Gasteiger partial charge on any atom is -0.323 e. The molecule has 0 aliphatic carbocycles. The third-order valence-electron chi connectivity index (χ3n) is 4.45. The normalized spacial score (nSPS) is 17.0. The molecule has 0 saturated carbocycles. The Balaban J connectivity index is 1.55. The van der Waals surface area contributed by atoms with E-state index in [9.17, 15) is 0 Å². The molecular formula is C15H20N8. The highest BCUT2D eigenvalue weighted by Gasteiger charge is 2.19. The SMILES string of the molecule is CN1CCC(n2ccc(Nc3ncnc4c3cnn4C)n2)CC1. The van der Waals surface area contributed by atoms with Crippen molar-refractivity contribution in [1.82, 2.24) is 34.4 Å². The lowest BCUT2D eigenvalue weighted by Crippen LogP contribution is -2.31. The maximum atomic E-state index is 4.67. The van der Waals surface area contributed by atoms with Gasteiger partial charge in [-0.3, -0.25) is 9.36 Å². The number of aromatic nitrogens is 6. The van der Waals surface area contributed by atoms with E-state index in [0.717, 1.165) is 48.6 Å². The fraction of sp³-hybridized carbons (Fsp3) is 0.467. The number of piperidine rings is 1. The lowest BCUT2D eigenvalue weighted by molar-refractivity contribution is 0.212. The van der Waals surface area contributed by atoms with Crippen LogP contribution in [0, 0.1) is 0 Å². The first kappa shape index (κ1) is 14.1. The monoisotopic (exact) mass is 312 g/mol. The standard InChI is InChI=1S/C15H20N8/c1-21-6-3-11(4-7-21)23-8-5-13(20-23)19-14-12-9-18-22(2)15(12)17-10-16-14/h5,8-11H,3-4,6-7H2,1-2H3,(H,16,17,19,20). The number of likely N-dealkylation sites (tertiary alicyclic amines) is 1. The fourth-order valence-corrected chi connectivity index (χ4v) is 3.05. The summed E-state index contributed by atoms with van der Waals surface area (Å²) in [5, 5.41) is 13.1. The number of aryl methyl sites for hydroxylation is 1. The molecule has 8 nitrogen and oxygen atoms in total. The van der Waals surface area contributed by atoms with E-state index in [1.54, 1.807) is 17.2 Å². The van der Waals surface area contributed by atoms with Gasteiger partial charge in [-0.15, -0.1) is 0 Å². The zero-order valence-corrected chi connectivity index (χ0v) is 13.3. The van der Waals surface area contributed by atoms with Gasteiger partial charge in [0.1, 0.15) is 12.1 Å². The van der Waals surface area contributed by atoms with Gasteiger partial charge in [0.05, 0.1) is 17.6 Å². The lowest BCUT2D eigenvalue weighted by atomic mass is 10.1. The van der Waals surface area contributed by atoms with E-state index in [1.165, 1.54) is 0 Å². The van der Waals surface area contributed by atoms with Crippen LogP contribution in [0.15, 0.2) is 24.8 Å². The molecule has 0 unspecified atom stereocenters. The first-order valence-electron chi connectivity index (χ1n) is 7.84. The molecule has 1 saturated heterocycles. The van der Waals surface area contributed by atoms with Crippen LogP contribution < -0.4 is 5.32 Å². The average Bonchev–Trinajstić information content (AvgIpc) is 3.17. The largest absolute Gasteiger partial charge is 0.323 e. The molecule has 0 atom stereocenters. The molecule has 0 amide bonds. The summed E-state index contributed by atoms with van der Waals surface area (Å²) in [4.78, 5) is 10.9. The Morgan fingerprint density at radius 1 is 1.17 bits per heavy atom. The lowest BCUT2D eigenvalue weighted by Gasteiger charge is -2.28. The Bertz CT molecular complexity index is 812. The molecule has 120 valence electrons. The highest BCUT2D eigenvalue weighted by Crippen LogP contribution is 2.24. The smallest absolute Gasteiger partial charge is 0.163 e. The van der Waals surface area contributed by atoms with Crippen molar-refractivity contribution in [2.75, 3.05) is 25.5 Å². The summed E-state index contributed by atoms with van der Waals surface area (Å²) in [6.45, 7) is 2.24. The Kier molecular flexibility index (Phi) is 3.45. The van der Waals surface area contributed by atoms with Crippen LogP contribution in [-0.4, -0.2) is 54.6 Å². The van der Waals surface area contributed by atoms with Crippen LogP contribution in [0.2, 0.25) is 0 Å². The Morgan fingerprint density at radius 2 is 2.00 bits per heavy atom. The highest BCUT2D eigenvalue weighted by molar-refractivity contribution is 5.87. The first-order valence-corrected chi connectivity index (χ1v) is 7.84. The minimum atomic E-state index is 0.477. The Labute approximate surface area is 134 Å². The van der Waals surface area contributed by atoms with Crippen molar-refractivity contribution < 1.29 is 0 Å². The van der Waals surface area contributed by atoms with Crippen molar-refractivity contribution in [3.63, 3.8) is 0 Å². The number of hydrogen-bond donors (Lipinski definition) is 1. The van der Waals surface area contributed by atoms with Crippen LogP contribution in [-0.2, 0) is 7.05 Å². The minimum absolute atomic E-state index is 0.477. The molecule has 8 heteroatoms. The van der Waals surface area contributed by atoms with Crippen molar-refractivity contribution in [2.24, 2.45) is 7.05 Å². The van der Waals surface area contributed by atoms with E-state index in [0.29, 0.717) is 6.04 Å². The molecular weight excluding hydrogens is 292 g/mol. The number of rotatable bonds is 3. The van der Waals surface area contributed by atoms with Crippen molar-refractivity contribution >= 4 is 22.7 Å². The molecule has 1 fully saturated rings. The second-order valence-electron chi connectivity index (χ2n) is 6.07. The van der Waals surface area contributed by atoms with Crippen LogP contribution in [0.3, 0.4) is 0 Å². The predicted octanol–water partition coefficient (Wildman–Crippen LogP) is 1.57. The molecule has 3 aromatic heterocycles. The van der Waals surface area contributed by atoms with Gasteiger partial charge >= 0.3 is 0 Å². The maximum Gasteiger partial charge on any atom is 0.163 e. The van der Waals surface area contributed by atoms with Gasteiger partial charge in [-0.05, 0) is 33.0 Å². The van der Waals surface area contributed by atoms with E-state index in [2.05, 4.69) is 42.1 Å². The summed E-state index contributed by atoms with van der Waals surface area (Å²) in [5.74, 6) is 1.53. The molecule has 1 aliphatic heterocycles. The van der Waals surface area contributed by atoms with Crippen molar-refractivity contribution in [3.05, 3.63) is 24.8 Å². The molecule has 3 aromatic rings. The summed E-state index contributed by atoms with van der Waals surface area (Å²) in [5.41, 5.74) is 0.803. The third kappa shape index (κ3) is 2.65. The van der Waals surface area contributed by atoms with E-state index >= 15 is 0 Å². The molecule has 4 rings (SSSR count). The van der Waals surface area contributed by atoms with Crippen molar-refractivity contribution in [3.8, 4) is 0 Å². The van der Waals surface area contributed by atoms with Gasteiger partial charge in [0.25, 0.3) is 0 Å². The van der Waals surface area contributed by atoms with Gasteiger partial charge in [0.2, 0.25) is 0 Å². The Hall–Kier alpha value is -2.48. The zero-order chi connectivity index (χ0) is 15.8. The molecule has 0 radical (unpaired) electrons. The second kappa shape index (κ2) is 5.62. The van der Waals surface area contributed by atoms with Gasteiger partial charge in [0.15, 0.2) is 11.5 Å². The van der Waals surface area contributed by atoms with Gasteiger partial charge in [-0.2, -0.15) is 10.2 Å². The van der Waals surface area contributed by atoms with Crippen LogP contribution in [0.5, 0.6) is 0 Å². The molecule has 0 aromatic carbocycles. The molecule has 23 heavy (non-hydrogen) atoms. The van der Waals surface area contributed by atoms with Gasteiger partial charge in [-0.1, -0.05) is 0 Å². The van der Waals surface area contributed by atoms with E-state index in [4.69, 9.17) is 0 Å². The highest BCUT2D eigenvalue weighted by atomic mass is 15.3. The fourth-order valence-electron chi connectivity index (χ4n) is 3.05. The average molecular weight is 312 g/mol. The van der Waals surface area contributed by atoms with E-state index in [1.807, 2.05) is 19.3 Å². The van der Waals surface area contributed by atoms with E-state index in [-0.39, 0.29) is 0 Å². The maximum absolute atomic E-state index is 4.67. The van der Waals surface area contributed by atoms with Crippen LogP contribution in [0.4, 0.5) is 11.6 Å². The summed E-state index contributed by atoms with van der Waals surface area (Å²) < 4.78 is 3.80. The van der Waals surface area contributed by atoms with Crippen molar-refractivity contribution in [2.45, 2.75) is 18.9 Å². The molecule has 0 spiro atoms.